The number of halogens is 1. The van der Waals surface area contributed by atoms with Gasteiger partial charge >= 0.3 is 0 Å². The Morgan fingerprint density at radius 2 is 1.85 bits per heavy atom. The van der Waals surface area contributed by atoms with Crippen LogP contribution in [0.3, 0.4) is 0 Å². The Labute approximate surface area is 154 Å². The van der Waals surface area contributed by atoms with Gasteiger partial charge in [0.2, 0.25) is 6.79 Å². The van der Waals surface area contributed by atoms with Gasteiger partial charge in [0, 0.05) is 24.4 Å². The summed E-state index contributed by atoms with van der Waals surface area (Å²) in [5.74, 6) is 1.13. The minimum absolute atomic E-state index is 0.199. The Kier molecular flexibility index (Phi) is 4.52. The van der Waals surface area contributed by atoms with Crippen LogP contribution in [-0.2, 0) is 6.54 Å². The monoisotopic (exact) mass is 366 g/mol. The van der Waals surface area contributed by atoms with Crippen LogP contribution < -0.4 is 20.1 Å². The van der Waals surface area contributed by atoms with Crippen molar-refractivity contribution in [3.8, 4) is 11.5 Å². The summed E-state index contributed by atoms with van der Waals surface area (Å²) in [6.45, 7) is 0.471. The van der Waals surface area contributed by atoms with E-state index in [1.54, 1.807) is 30.3 Å². The zero-order valence-electron chi connectivity index (χ0n) is 14.1. The molecule has 0 unspecified atom stereocenters. The molecule has 136 valence electrons. The SMILES string of the molecule is O=C(NCc1ccc(F)cc1)c1cc(Nc2ccc3c(c2)OCO3)ncn1. The summed E-state index contributed by atoms with van der Waals surface area (Å²) in [4.78, 5) is 20.4. The van der Waals surface area contributed by atoms with Gasteiger partial charge in [0.1, 0.15) is 23.7 Å². The number of benzene rings is 2. The molecule has 3 aromatic rings. The third kappa shape index (κ3) is 3.95. The maximum atomic E-state index is 12.9. The first-order chi connectivity index (χ1) is 13.2. The second-order valence-corrected chi connectivity index (χ2v) is 5.79. The molecule has 0 spiro atoms. The number of carbonyl (C=O) groups excluding carboxylic acids is 1. The number of rotatable bonds is 5. The molecule has 1 amide bonds. The van der Waals surface area contributed by atoms with Crippen LogP contribution >= 0.6 is 0 Å². The van der Waals surface area contributed by atoms with Crippen molar-refractivity contribution in [1.82, 2.24) is 15.3 Å². The molecule has 0 bridgehead atoms. The first-order valence-electron chi connectivity index (χ1n) is 8.19. The van der Waals surface area contributed by atoms with Crippen molar-refractivity contribution < 1.29 is 18.7 Å². The zero-order valence-corrected chi connectivity index (χ0v) is 14.1. The standard InChI is InChI=1S/C19H15FN4O3/c20-13-3-1-12(2-4-13)9-21-19(25)15-8-18(23-10-22-15)24-14-5-6-16-17(7-14)27-11-26-16/h1-8,10H,9,11H2,(H,21,25)(H,22,23,24). The number of ether oxygens (including phenoxy) is 2. The summed E-state index contributed by atoms with van der Waals surface area (Å²) in [5, 5.41) is 5.84. The van der Waals surface area contributed by atoms with Gasteiger partial charge in [0.05, 0.1) is 0 Å². The Balaban J connectivity index is 1.42. The van der Waals surface area contributed by atoms with Crippen molar-refractivity contribution in [1.29, 1.82) is 0 Å². The first-order valence-corrected chi connectivity index (χ1v) is 8.19. The molecular weight excluding hydrogens is 351 g/mol. The van der Waals surface area contributed by atoms with Gasteiger partial charge < -0.3 is 20.1 Å². The van der Waals surface area contributed by atoms with Crippen molar-refractivity contribution in [2.75, 3.05) is 12.1 Å². The fraction of sp³-hybridized carbons (Fsp3) is 0.105. The minimum atomic E-state index is -0.351. The molecule has 7 nitrogen and oxygen atoms in total. The lowest BCUT2D eigenvalue weighted by Crippen LogP contribution is -2.24. The van der Waals surface area contributed by atoms with Crippen LogP contribution in [0.25, 0.3) is 0 Å². The van der Waals surface area contributed by atoms with Gasteiger partial charge in [-0.05, 0) is 29.8 Å². The third-order valence-electron chi connectivity index (χ3n) is 3.91. The van der Waals surface area contributed by atoms with E-state index in [1.165, 1.54) is 18.5 Å². The Bertz CT molecular complexity index is 979. The molecule has 0 radical (unpaired) electrons. The van der Waals surface area contributed by atoms with Crippen LogP contribution in [0.1, 0.15) is 16.1 Å². The van der Waals surface area contributed by atoms with E-state index < -0.39 is 0 Å². The van der Waals surface area contributed by atoms with Crippen molar-refractivity contribution in [2.24, 2.45) is 0 Å². The van der Waals surface area contributed by atoms with Crippen molar-refractivity contribution >= 4 is 17.4 Å². The average molecular weight is 366 g/mol. The van der Waals surface area contributed by atoms with E-state index in [4.69, 9.17) is 9.47 Å². The van der Waals surface area contributed by atoms with Gasteiger partial charge in [-0.2, -0.15) is 0 Å². The molecule has 27 heavy (non-hydrogen) atoms. The lowest BCUT2D eigenvalue weighted by atomic mass is 10.2. The summed E-state index contributed by atoms with van der Waals surface area (Å²) in [6.07, 6.45) is 1.31. The molecule has 0 saturated heterocycles. The summed E-state index contributed by atoms with van der Waals surface area (Å²) in [7, 11) is 0. The number of nitrogens with zero attached hydrogens (tertiary/aromatic N) is 2. The van der Waals surface area contributed by atoms with E-state index in [1.807, 2.05) is 6.07 Å². The molecule has 2 heterocycles. The molecular formula is C19H15FN4O3. The molecule has 1 aliphatic rings. The number of fused-ring (bicyclic) bond motifs is 1. The minimum Gasteiger partial charge on any atom is -0.454 e. The van der Waals surface area contributed by atoms with Crippen LogP contribution in [0.15, 0.2) is 54.9 Å². The predicted molar refractivity (Wildman–Crippen MR) is 95.4 cm³/mol. The third-order valence-corrected chi connectivity index (χ3v) is 3.91. The smallest absolute Gasteiger partial charge is 0.270 e. The van der Waals surface area contributed by atoms with E-state index in [2.05, 4.69) is 20.6 Å². The van der Waals surface area contributed by atoms with Crippen LogP contribution in [-0.4, -0.2) is 22.7 Å². The first kappa shape index (κ1) is 16.8. The molecule has 1 aromatic heterocycles. The number of hydrogen-bond acceptors (Lipinski definition) is 6. The van der Waals surface area contributed by atoms with Crippen LogP contribution in [0, 0.1) is 5.82 Å². The highest BCUT2D eigenvalue weighted by atomic mass is 19.1. The summed E-state index contributed by atoms with van der Waals surface area (Å²) in [6, 6.07) is 12.9. The maximum Gasteiger partial charge on any atom is 0.270 e. The van der Waals surface area contributed by atoms with E-state index in [0.29, 0.717) is 17.3 Å². The highest BCUT2D eigenvalue weighted by molar-refractivity contribution is 5.92. The van der Waals surface area contributed by atoms with E-state index >= 15 is 0 Å². The van der Waals surface area contributed by atoms with Gasteiger partial charge in [-0.25, -0.2) is 14.4 Å². The van der Waals surface area contributed by atoms with E-state index in [9.17, 15) is 9.18 Å². The fourth-order valence-corrected chi connectivity index (χ4v) is 2.55. The largest absolute Gasteiger partial charge is 0.454 e. The molecule has 2 N–H and O–H groups in total. The Hall–Kier alpha value is -3.68. The second-order valence-electron chi connectivity index (χ2n) is 5.79. The molecule has 0 atom stereocenters. The van der Waals surface area contributed by atoms with Crippen LogP contribution in [0.5, 0.6) is 11.5 Å². The quantitative estimate of drug-likeness (QED) is 0.722. The molecule has 2 aromatic carbocycles. The average Bonchev–Trinajstić information content (AvgIpc) is 3.15. The van der Waals surface area contributed by atoms with Gasteiger partial charge in [0.15, 0.2) is 11.5 Å². The molecule has 8 heteroatoms. The predicted octanol–water partition coefficient (Wildman–Crippen LogP) is 3.02. The lowest BCUT2D eigenvalue weighted by molar-refractivity contribution is 0.0945. The van der Waals surface area contributed by atoms with Crippen LogP contribution in [0.2, 0.25) is 0 Å². The molecule has 0 fully saturated rings. The lowest BCUT2D eigenvalue weighted by Gasteiger charge is -2.08. The molecule has 0 saturated carbocycles. The fourth-order valence-electron chi connectivity index (χ4n) is 2.55. The normalized spacial score (nSPS) is 11.9. The van der Waals surface area contributed by atoms with Gasteiger partial charge in [-0.3, -0.25) is 4.79 Å². The maximum absolute atomic E-state index is 12.9. The molecule has 4 rings (SSSR count). The van der Waals surface area contributed by atoms with Crippen molar-refractivity contribution in [3.05, 3.63) is 71.9 Å². The van der Waals surface area contributed by atoms with Gasteiger partial charge in [-0.15, -0.1) is 0 Å². The number of anilines is 2. The Morgan fingerprint density at radius 1 is 1.04 bits per heavy atom. The van der Waals surface area contributed by atoms with Crippen molar-refractivity contribution in [2.45, 2.75) is 6.54 Å². The summed E-state index contributed by atoms with van der Waals surface area (Å²) in [5.41, 5.74) is 1.75. The van der Waals surface area contributed by atoms with E-state index in [-0.39, 0.29) is 30.8 Å². The summed E-state index contributed by atoms with van der Waals surface area (Å²) >= 11 is 0. The summed E-state index contributed by atoms with van der Waals surface area (Å²) < 4.78 is 23.5. The molecule has 0 aliphatic carbocycles. The van der Waals surface area contributed by atoms with E-state index in [0.717, 1.165) is 11.3 Å². The van der Waals surface area contributed by atoms with Crippen molar-refractivity contribution in [3.63, 3.8) is 0 Å². The Morgan fingerprint density at radius 3 is 2.70 bits per heavy atom. The second kappa shape index (κ2) is 7.28. The van der Waals surface area contributed by atoms with Gasteiger partial charge in [0.25, 0.3) is 5.91 Å². The zero-order chi connectivity index (χ0) is 18.6. The number of amides is 1. The van der Waals surface area contributed by atoms with Crippen LogP contribution in [0.4, 0.5) is 15.9 Å². The van der Waals surface area contributed by atoms with Gasteiger partial charge in [-0.1, -0.05) is 12.1 Å². The topological polar surface area (TPSA) is 85.4 Å². The number of aromatic nitrogens is 2. The highest BCUT2D eigenvalue weighted by Gasteiger charge is 2.14. The number of carbonyl (C=O) groups is 1. The number of hydrogen-bond donors (Lipinski definition) is 2. The number of nitrogens with one attached hydrogen (secondary N) is 2. The highest BCUT2D eigenvalue weighted by Crippen LogP contribution is 2.34. The molecule has 1 aliphatic heterocycles.